The minimum absolute atomic E-state index is 0.0199. The van der Waals surface area contributed by atoms with Crippen LogP contribution in [0.3, 0.4) is 0 Å². The van der Waals surface area contributed by atoms with E-state index in [0.717, 1.165) is 5.56 Å². The third-order valence-electron chi connectivity index (χ3n) is 4.67. The van der Waals surface area contributed by atoms with Gasteiger partial charge in [0.15, 0.2) is 0 Å². The van der Waals surface area contributed by atoms with Crippen molar-refractivity contribution >= 4 is 17.5 Å². The fraction of sp³-hybridized carbons (Fsp3) is 0.562. The van der Waals surface area contributed by atoms with Crippen LogP contribution in [0.1, 0.15) is 32.8 Å². The number of amides is 1. The molecule has 3 N–H and O–H groups in total. The first-order valence-corrected chi connectivity index (χ1v) is 7.73. The fourth-order valence-electron chi connectivity index (χ4n) is 2.81. The lowest BCUT2D eigenvalue weighted by molar-refractivity contribution is -0.170. The summed E-state index contributed by atoms with van der Waals surface area (Å²) in [6, 6.07) is 4.36. The Morgan fingerprint density at radius 3 is 2.77 bits per heavy atom. The van der Waals surface area contributed by atoms with Crippen LogP contribution in [-0.2, 0) is 16.1 Å². The molecule has 0 aromatic heterocycles. The van der Waals surface area contributed by atoms with Crippen molar-refractivity contribution in [2.24, 2.45) is 11.1 Å². The highest BCUT2D eigenvalue weighted by Crippen LogP contribution is 2.49. The summed E-state index contributed by atoms with van der Waals surface area (Å²) in [5.41, 5.74) is 5.61. The lowest BCUT2D eigenvalue weighted by atomic mass is 9.54. The van der Waals surface area contributed by atoms with Crippen LogP contribution < -0.4 is 11.1 Å². The van der Waals surface area contributed by atoms with Gasteiger partial charge in [-0.1, -0.05) is 31.5 Å². The van der Waals surface area contributed by atoms with E-state index in [0.29, 0.717) is 13.0 Å². The van der Waals surface area contributed by atoms with Crippen LogP contribution >= 0.6 is 11.6 Å². The van der Waals surface area contributed by atoms with Crippen LogP contribution in [0.25, 0.3) is 0 Å². The van der Waals surface area contributed by atoms with Crippen molar-refractivity contribution in [3.8, 4) is 0 Å². The van der Waals surface area contributed by atoms with Gasteiger partial charge >= 0.3 is 0 Å². The minimum Gasteiger partial charge on any atom is -0.378 e. The summed E-state index contributed by atoms with van der Waals surface area (Å²) >= 11 is 5.73. The molecule has 0 aliphatic heterocycles. The number of nitrogens with one attached hydrogen (secondary N) is 1. The van der Waals surface area contributed by atoms with Crippen molar-refractivity contribution in [1.29, 1.82) is 0 Å². The molecule has 2 atom stereocenters. The Balaban J connectivity index is 1.99. The Morgan fingerprint density at radius 1 is 1.55 bits per heavy atom. The maximum Gasteiger partial charge on any atom is 0.241 e. The SMILES string of the molecule is CCOC1CC(N)(C(=O)NCc2ccc(F)c(Cl)c2)C1(C)C. The van der Waals surface area contributed by atoms with E-state index in [2.05, 4.69) is 5.32 Å². The predicted molar refractivity (Wildman–Crippen MR) is 84.0 cm³/mol. The fourth-order valence-corrected chi connectivity index (χ4v) is 3.01. The van der Waals surface area contributed by atoms with E-state index >= 15 is 0 Å². The second kappa shape index (κ2) is 6.14. The largest absolute Gasteiger partial charge is 0.378 e. The number of benzene rings is 1. The maximum atomic E-state index is 13.1. The molecule has 1 saturated carbocycles. The first kappa shape index (κ1) is 17.2. The Bertz CT molecular complexity index is 579. The summed E-state index contributed by atoms with van der Waals surface area (Å²) in [6.07, 6.45) is 0.470. The van der Waals surface area contributed by atoms with Crippen LogP contribution in [0.15, 0.2) is 18.2 Å². The number of halogens is 2. The summed E-state index contributed by atoms with van der Waals surface area (Å²) in [5.74, 6) is -0.708. The second-order valence-corrected chi connectivity index (χ2v) is 6.68. The average Bonchev–Trinajstić information content (AvgIpc) is 2.47. The monoisotopic (exact) mass is 328 g/mol. The molecule has 4 nitrogen and oxygen atoms in total. The highest BCUT2D eigenvalue weighted by molar-refractivity contribution is 6.30. The van der Waals surface area contributed by atoms with Gasteiger partial charge in [0.2, 0.25) is 5.91 Å². The Morgan fingerprint density at radius 2 is 2.23 bits per heavy atom. The van der Waals surface area contributed by atoms with Gasteiger partial charge in [-0.3, -0.25) is 4.79 Å². The van der Waals surface area contributed by atoms with Crippen LogP contribution in [0.5, 0.6) is 0 Å². The molecule has 0 saturated heterocycles. The maximum absolute atomic E-state index is 13.1. The van der Waals surface area contributed by atoms with E-state index in [1.807, 2.05) is 20.8 Å². The van der Waals surface area contributed by atoms with Crippen LogP contribution in [0.2, 0.25) is 5.02 Å². The third kappa shape index (κ3) is 2.85. The first-order valence-electron chi connectivity index (χ1n) is 7.35. The van der Waals surface area contributed by atoms with Gasteiger partial charge in [-0.25, -0.2) is 4.39 Å². The topological polar surface area (TPSA) is 64.3 Å². The number of carbonyl (C=O) groups is 1. The van der Waals surface area contributed by atoms with Gasteiger partial charge in [-0.05, 0) is 24.6 Å². The zero-order chi connectivity index (χ0) is 16.5. The Labute approximate surface area is 135 Å². The molecule has 1 aromatic rings. The number of hydrogen-bond donors (Lipinski definition) is 2. The van der Waals surface area contributed by atoms with Crippen molar-refractivity contribution in [2.75, 3.05) is 6.61 Å². The van der Waals surface area contributed by atoms with Crippen molar-refractivity contribution in [3.63, 3.8) is 0 Å². The normalized spacial score (nSPS) is 26.4. The molecule has 22 heavy (non-hydrogen) atoms. The molecule has 0 bridgehead atoms. The molecule has 0 radical (unpaired) electrons. The number of rotatable bonds is 5. The van der Waals surface area contributed by atoms with Gasteiger partial charge in [0.05, 0.1) is 11.1 Å². The van der Waals surface area contributed by atoms with Gasteiger partial charge in [0, 0.05) is 25.0 Å². The molecule has 2 rings (SSSR count). The third-order valence-corrected chi connectivity index (χ3v) is 4.96. The molecule has 6 heteroatoms. The predicted octanol–water partition coefficient (Wildman–Crippen LogP) is 2.63. The van der Waals surface area contributed by atoms with Gasteiger partial charge < -0.3 is 15.8 Å². The molecular formula is C16H22ClFN2O2. The Hall–Kier alpha value is -1.17. The quantitative estimate of drug-likeness (QED) is 0.873. The first-order chi connectivity index (χ1) is 10.2. The van der Waals surface area contributed by atoms with E-state index < -0.39 is 16.8 Å². The summed E-state index contributed by atoms with van der Waals surface area (Å²) in [5, 5.41) is 2.84. The lowest BCUT2D eigenvalue weighted by Crippen LogP contribution is -2.75. The van der Waals surface area contributed by atoms with Gasteiger partial charge in [-0.2, -0.15) is 0 Å². The van der Waals surface area contributed by atoms with E-state index in [9.17, 15) is 9.18 Å². The van der Waals surface area contributed by atoms with E-state index in [-0.39, 0.29) is 23.6 Å². The zero-order valence-corrected chi connectivity index (χ0v) is 13.8. The van der Waals surface area contributed by atoms with Gasteiger partial charge in [0.25, 0.3) is 0 Å². The molecule has 1 aromatic carbocycles. The van der Waals surface area contributed by atoms with Gasteiger partial charge in [0.1, 0.15) is 11.4 Å². The zero-order valence-electron chi connectivity index (χ0n) is 13.1. The standard InChI is InChI=1S/C16H22ClFN2O2/c1-4-22-13-8-16(19,15(13,2)3)14(21)20-9-10-5-6-12(18)11(17)7-10/h5-7,13H,4,8-9,19H2,1-3H3,(H,20,21). The molecule has 0 heterocycles. The van der Waals surface area contributed by atoms with Crippen molar-refractivity contribution in [2.45, 2.75) is 45.4 Å². The average molecular weight is 329 g/mol. The highest BCUT2D eigenvalue weighted by atomic mass is 35.5. The van der Waals surface area contributed by atoms with Gasteiger partial charge in [-0.15, -0.1) is 0 Å². The number of ether oxygens (including phenoxy) is 1. The smallest absolute Gasteiger partial charge is 0.241 e. The minimum atomic E-state index is -0.962. The summed E-state index contributed by atoms with van der Waals surface area (Å²) in [6.45, 7) is 6.65. The number of hydrogen-bond acceptors (Lipinski definition) is 3. The van der Waals surface area contributed by atoms with Crippen molar-refractivity contribution in [3.05, 3.63) is 34.6 Å². The highest BCUT2D eigenvalue weighted by Gasteiger charge is 2.62. The molecule has 0 spiro atoms. The van der Waals surface area contributed by atoms with Crippen LogP contribution in [-0.4, -0.2) is 24.2 Å². The second-order valence-electron chi connectivity index (χ2n) is 6.27. The molecular weight excluding hydrogens is 307 g/mol. The molecule has 1 aliphatic rings. The van der Waals surface area contributed by atoms with Crippen LogP contribution in [0, 0.1) is 11.2 Å². The molecule has 122 valence electrons. The molecule has 1 aliphatic carbocycles. The van der Waals surface area contributed by atoms with E-state index in [1.165, 1.54) is 12.1 Å². The van der Waals surface area contributed by atoms with E-state index in [4.69, 9.17) is 22.1 Å². The van der Waals surface area contributed by atoms with Crippen molar-refractivity contribution < 1.29 is 13.9 Å². The van der Waals surface area contributed by atoms with Crippen LogP contribution in [0.4, 0.5) is 4.39 Å². The number of nitrogens with two attached hydrogens (primary N) is 1. The Kier molecular flexibility index (Phi) is 4.80. The van der Waals surface area contributed by atoms with E-state index in [1.54, 1.807) is 6.07 Å². The summed E-state index contributed by atoms with van der Waals surface area (Å²) in [4.78, 5) is 12.4. The summed E-state index contributed by atoms with van der Waals surface area (Å²) < 4.78 is 18.7. The molecule has 1 fully saturated rings. The number of carbonyl (C=O) groups excluding carboxylic acids is 1. The van der Waals surface area contributed by atoms with Crippen molar-refractivity contribution in [1.82, 2.24) is 5.32 Å². The summed E-state index contributed by atoms with van der Waals surface area (Å²) in [7, 11) is 0. The molecule has 1 amide bonds. The molecule has 2 unspecified atom stereocenters. The lowest BCUT2D eigenvalue weighted by Gasteiger charge is -2.57.